The first-order valence-corrected chi connectivity index (χ1v) is 6.82. The van der Waals surface area contributed by atoms with Gasteiger partial charge in [0, 0.05) is 5.92 Å². The van der Waals surface area contributed by atoms with E-state index in [0.717, 1.165) is 18.8 Å². The van der Waals surface area contributed by atoms with Gasteiger partial charge in [-0.3, -0.25) is 4.79 Å². The Morgan fingerprint density at radius 1 is 1.33 bits per heavy atom. The molecule has 0 bridgehead atoms. The lowest BCUT2D eigenvalue weighted by Gasteiger charge is -2.26. The van der Waals surface area contributed by atoms with Crippen molar-refractivity contribution in [1.82, 2.24) is 9.97 Å². The number of aromatic amines is 1. The van der Waals surface area contributed by atoms with Crippen LogP contribution in [-0.2, 0) is 0 Å². The molecule has 18 heavy (non-hydrogen) atoms. The lowest BCUT2D eigenvalue weighted by atomic mass is 9.89. The number of H-pyrrole nitrogens is 1. The average molecular weight is 250 g/mol. The van der Waals surface area contributed by atoms with Crippen molar-refractivity contribution in [1.29, 1.82) is 0 Å². The van der Waals surface area contributed by atoms with Gasteiger partial charge in [-0.1, -0.05) is 20.8 Å². The minimum Gasteiger partial charge on any atom is -0.474 e. The first-order chi connectivity index (χ1) is 8.54. The number of hydrogen-bond acceptors (Lipinski definition) is 3. The van der Waals surface area contributed by atoms with Crippen molar-refractivity contribution < 1.29 is 4.74 Å². The van der Waals surface area contributed by atoms with Gasteiger partial charge in [-0.15, -0.1) is 0 Å². The smallest absolute Gasteiger partial charge is 0.254 e. The molecule has 0 aliphatic heterocycles. The van der Waals surface area contributed by atoms with E-state index < -0.39 is 0 Å². The van der Waals surface area contributed by atoms with Gasteiger partial charge in [0.25, 0.3) is 5.56 Å². The van der Waals surface area contributed by atoms with E-state index in [0.29, 0.717) is 11.7 Å². The van der Waals surface area contributed by atoms with Crippen LogP contribution in [0.15, 0.2) is 10.9 Å². The zero-order valence-electron chi connectivity index (χ0n) is 11.4. The fourth-order valence-electron chi connectivity index (χ4n) is 2.31. The van der Waals surface area contributed by atoms with E-state index in [1.807, 2.05) is 13.8 Å². The van der Waals surface area contributed by atoms with Crippen molar-refractivity contribution in [3.05, 3.63) is 22.2 Å². The molecule has 4 heteroatoms. The Labute approximate surface area is 108 Å². The minimum absolute atomic E-state index is 0.132. The van der Waals surface area contributed by atoms with E-state index in [1.165, 1.54) is 18.9 Å². The van der Waals surface area contributed by atoms with Gasteiger partial charge in [0.2, 0.25) is 5.88 Å². The van der Waals surface area contributed by atoms with E-state index in [1.54, 1.807) is 0 Å². The number of rotatable bonds is 3. The molecule has 1 aliphatic rings. The molecule has 1 fully saturated rings. The van der Waals surface area contributed by atoms with Gasteiger partial charge in [0.05, 0.1) is 6.07 Å². The molecule has 0 aromatic carbocycles. The molecule has 4 nitrogen and oxygen atoms in total. The molecule has 1 aromatic heterocycles. The van der Waals surface area contributed by atoms with Gasteiger partial charge in [-0.2, -0.15) is 4.98 Å². The van der Waals surface area contributed by atoms with E-state index >= 15 is 0 Å². The summed E-state index contributed by atoms with van der Waals surface area (Å²) in [5.41, 5.74) is -0.132. The molecule has 1 saturated carbocycles. The van der Waals surface area contributed by atoms with Crippen molar-refractivity contribution in [2.45, 2.75) is 58.5 Å². The molecule has 0 unspecified atom stereocenters. The Morgan fingerprint density at radius 2 is 2.00 bits per heavy atom. The molecule has 0 saturated heterocycles. The molecule has 0 radical (unpaired) electrons. The molecule has 2 rings (SSSR count). The topological polar surface area (TPSA) is 55.0 Å². The van der Waals surface area contributed by atoms with E-state index in [-0.39, 0.29) is 17.6 Å². The van der Waals surface area contributed by atoms with Crippen LogP contribution in [0, 0.1) is 5.92 Å². The second kappa shape index (κ2) is 5.55. The monoisotopic (exact) mass is 250 g/mol. The highest BCUT2D eigenvalue weighted by Crippen LogP contribution is 2.26. The Morgan fingerprint density at radius 3 is 2.61 bits per heavy atom. The highest BCUT2D eigenvalue weighted by molar-refractivity contribution is 5.11. The molecule has 1 N–H and O–H groups in total. The van der Waals surface area contributed by atoms with E-state index in [4.69, 9.17) is 4.74 Å². The van der Waals surface area contributed by atoms with Crippen LogP contribution in [-0.4, -0.2) is 16.1 Å². The number of ether oxygens (including phenoxy) is 1. The Kier molecular flexibility index (Phi) is 4.04. The largest absolute Gasteiger partial charge is 0.474 e. The maximum absolute atomic E-state index is 11.5. The summed E-state index contributed by atoms with van der Waals surface area (Å²) in [6, 6.07) is 1.45. The molecular weight excluding hydrogens is 228 g/mol. The Balaban J connectivity index is 2.07. The van der Waals surface area contributed by atoms with Crippen LogP contribution in [0.1, 0.15) is 58.2 Å². The van der Waals surface area contributed by atoms with Crippen molar-refractivity contribution >= 4 is 0 Å². The standard InChI is InChI=1S/C14H22N2O2/c1-9(2)14-15-12(17)8-13(16-14)18-11-6-4-10(3)5-7-11/h8-11H,4-7H2,1-3H3,(H,15,16,17). The van der Waals surface area contributed by atoms with Crippen LogP contribution in [0.4, 0.5) is 0 Å². The van der Waals surface area contributed by atoms with Crippen molar-refractivity contribution in [2.24, 2.45) is 5.92 Å². The van der Waals surface area contributed by atoms with Gasteiger partial charge in [-0.05, 0) is 31.6 Å². The summed E-state index contributed by atoms with van der Waals surface area (Å²) in [5, 5.41) is 0. The zero-order valence-corrected chi connectivity index (χ0v) is 11.4. The SMILES string of the molecule is CC1CCC(Oc2cc(=O)[nH]c(C(C)C)n2)CC1. The van der Waals surface area contributed by atoms with Crippen LogP contribution in [0.3, 0.4) is 0 Å². The summed E-state index contributed by atoms with van der Waals surface area (Å²) in [6.45, 7) is 6.28. The second-order valence-corrected chi connectivity index (χ2v) is 5.62. The highest BCUT2D eigenvalue weighted by atomic mass is 16.5. The van der Waals surface area contributed by atoms with Crippen molar-refractivity contribution in [3.8, 4) is 5.88 Å². The van der Waals surface area contributed by atoms with Crippen LogP contribution in [0.2, 0.25) is 0 Å². The summed E-state index contributed by atoms with van der Waals surface area (Å²) in [6.07, 6.45) is 4.74. The highest BCUT2D eigenvalue weighted by Gasteiger charge is 2.20. The normalized spacial score (nSPS) is 24.2. The van der Waals surface area contributed by atoms with Crippen LogP contribution >= 0.6 is 0 Å². The predicted octanol–water partition coefficient (Wildman–Crippen LogP) is 2.85. The first kappa shape index (κ1) is 13.1. The lowest BCUT2D eigenvalue weighted by Crippen LogP contribution is -2.24. The van der Waals surface area contributed by atoms with Crippen molar-refractivity contribution in [3.63, 3.8) is 0 Å². The van der Waals surface area contributed by atoms with E-state index in [9.17, 15) is 4.79 Å². The molecule has 100 valence electrons. The molecule has 0 amide bonds. The third-order valence-corrected chi connectivity index (χ3v) is 3.53. The summed E-state index contributed by atoms with van der Waals surface area (Å²) in [5.74, 6) is 2.17. The Hall–Kier alpha value is -1.32. The van der Waals surface area contributed by atoms with Gasteiger partial charge < -0.3 is 9.72 Å². The Bertz CT molecular complexity index is 445. The van der Waals surface area contributed by atoms with Crippen LogP contribution in [0.25, 0.3) is 0 Å². The lowest BCUT2D eigenvalue weighted by molar-refractivity contribution is 0.129. The number of hydrogen-bond donors (Lipinski definition) is 1. The second-order valence-electron chi connectivity index (χ2n) is 5.62. The maximum Gasteiger partial charge on any atom is 0.254 e. The third kappa shape index (κ3) is 3.34. The first-order valence-electron chi connectivity index (χ1n) is 6.82. The van der Waals surface area contributed by atoms with E-state index in [2.05, 4.69) is 16.9 Å². The summed E-state index contributed by atoms with van der Waals surface area (Å²) < 4.78 is 5.84. The minimum atomic E-state index is -0.132. The molecule has 1 aromatic rings. The molecule has 1 aliphatic carbocycles. The number of nitrogens with one attached hydrogen (secondary N) is 1. The number of nitrogens with zero attached hydrogens (tertiary/aromatic N) is 1. The zero-order chi connectivity index (χ0) is 13.1. The molecule has 0 spiro atoms. The summed E-state index contributed by atoms with van der Waals surface area (Å²) >= 11 is 0. The quantitative estimate of drug-likeness (QED) is 0.897. The summed E-state index contributed by atoms with van der Waals surface area (Å²) in [4.78, 5) is 18.6. The van der Waals surface area contributed by atoms with Crippen LogP contribution < -0.4 is 10.3 Å². The van der Waals surface area contributed by atoms with Gasteiger partial charge in [0.1, 0.15) is 11.9 Å². The predicted molar refractivity (Wildman–Crippen MR) is 71.0 cm³/mol. The summed E-state index contributed by atoms with van der Waals surface area (Å²) in [7, 11) is 0. The third-order valence-electron chi connectivity index (χ3n) is 3.53. The van der Waals surface area contributed by atoms with Crippen molar-refractivity contribution in [2.75, 3.05) is 0 Å². The average Bonchev–Trinajstić information content (AvgIpc) is 2.31. The fourth-order valence-corrected chi connectivity index (χ4v) is 2.31. The van der Waals surface area contributed by atoms with Gasteiger partial charge in [-0.25, -0.2) is 0 Å². The number of aromatic nitrogens is 2. The fraction of sp³-hybridized carbons (Fsp3) is 0.714. The molecule has 0 atom stereocenters. The molecular formula is C14H22N2O2. The van der Waals surface area contributed by atoms with Crippen LogP contribution in [0.5, 0.6) is 5.88 Å². The molecule has 1 heterocycles. The van der Waals surface area contributed by atoms with Gasteiger partial charge in [0.15, 0.2) is 0 Å². The maximum atomic E-state index is 11.5. The van der Waals surface area contributed by atoms with Gasteiger partial charge >= 0.3 is 0 Å².